The predicted molar refractivity (Wildman–Crippen MR) is 99.8 cm³/mol. The molecule has 1 N–H and O–H groups in total. The van der Waals surface area contributed by atoms with Crippen LogP contribution in [0.25, 0.3) is 0 Å². The van der Waals surface area contributed by atoms with Crippen LogP contribution in [0, 0.1) is 0 Å². The van der Waals surface area contributed by atoms with Gasteiger partial charge in [-0.3, -0.25) is 0 Å². The number of anilines is 1. The van der Waals surface area contributed by atoms with Crippen LogP contribution in [0.3, 0.4) is 0 Å². The van der Waals surface area contributed by atoms with Crippen LogP contribution < -0.4 is 14.4 Å². The molecule has 1 aliphatic rings. The SMILES string of the molecule is COc1ccc(S(=O)(=O)NCC(C)(C)N2CCc3ccccc32)cc1. The third-order valence-corrected chi connectivity index (χ3v) is 6.10. The van der Waals surface area contributed by atoms with Gasteiger partial charge in [-0.2, -0.15) is 0 Å². The summed E-state index contributed by atoms with van der Waals surface area (Å²) >= 11 is 0. The minimum absolute atomic E-state index is 0.242. The maximum Gasteiger partial charge on any atom is 0.240 e. The molecule has 2 aromatic carbocycles. The van der Waals surface area contributed by atoms with E-state index in [4.69, 9.17) is 4.74 Å². The molecule has 0 saturated heterocycles. The van der Waals surface area contributed by atoms with E-state index in [0.29, 0.717) is 12.3 Å². The van der Waals surface area contributed by atoms with E-state index in [0.717, 1.165) is 13.0 Å². The summed E-state index contributed by atoms with van der Waals surface area (Å²) < 4.78 is 33.0. The minimum Gasteiger partial charge on any atom is -0.497 e. The van der Waals surface area contributed by atoms with Gasteiger partial charge in [0, 0.05) is 24.3 Å². The normalized spacial score (nSPS) is 14.4. The van der Waals surface area contributed by atoms with Crippen molar-refractivity contribution in [2.45, 2.75) is 30.7 Å². The standard InChI is InChI=1S/C19H24N2O3S/c1-19(2,21-13-12-15-6-4-5-7-18(15)21)14-20-25(22,23)17-10-8-16(24-3)9-11-17/h4-11,20H,12-14H2,1-3H3. The summed E-state index contributed by atoms with van der Waals surface area (Å²) in [4.78, 5) is 2.52. The Kier molecular flexibility index (Phi) is 4.75. The second-order valence-corrected chi connectivity index (χ2v) is 8.61. The number of benzene rings is 2. The van der Waals surface area contributed by atoms with Gasteiger partial charge in [-0.1, -0.05) is 18.2 Å². The van der Waals surface area contributed by atoms with Crippen LogP contribution in [0.4, 0.5) is 5.69 Å². The molecular weight excluding hydrogens is 336 g/mol. The van der Waals surface area contributed by atoms with Crippen molar-refractivity contribution in [2.24, 2.45) is 0 Å². The van der Waals surface area contributed by atoms with Gasteiger partial charge < -0.3 is 9.64 Å². The Hall–Kier alpha value is -2.05. The lowest BCUT2D eigenvalue weighted by Gasteiger charge is -2.38. The van der Waals surface area contributed by atoms with Gasteiger partial charge >= 0.3 is 0 Å². The fourth-order valence-electron chi connectivity index (χ4n) is 3.17. The molecule has 0 atom stereocenters. The molecule has 134 valence electrons. The number of para-hydroxylation sites is 1. The first-order valence-corrected chi connectivity index (χ1v) is 9.81. The number of sulfonamides is 1. The molecule has 0 radical (unpaired) electrons. The summed E-state index contributed by atoms with van der Waals surface area (Å²) in [7, 11) is -2.00. The van der Waals surface area contributed by atoms with E-state index < -0.39 is 10.0 Å². The van der Waals surface area contributed by atoms with E-state index in [1.165, 1.54) is 11.3 Å². The number of nitrogens with zero attached hydrogens (tertiary/aromatic N) is 1. The average Bonchev–Trinajstić information content (AvgIpc) is 3.05. The second-order valence-electron chi connectivity index (χ2n) is 6.84. The Balaban J connectivity index is 1.73. The van der Waals surface area contributed by atoms with E-state index in [1.54, 1.807) is 31.4 Å². The second kappa shape index (κ2) is 6.69. The molecule has 0 bridgehead atoms. The smallest absolute Gasteiger partial charge is 0.240 e. The molecular formula is C19H24N2O3S. The molecule has 0 aromatic heterocycles. The Morgan fingerprint density at radius 3 is 2.48 bits per heavy atom. The van der Waals surface area contributed by atoms with Crippen molar-refractivity contribution < 1.29 is 13.2 Å². The molecule has 5 nitrogen and oxygen atoms in total. The van der Waals surface area contributed by atoms with E-state index >= 15 is 0 Å². The molecule has 25 heavy (non-hydrogen) atoms. The molecule has 0 aliphatic carbocycles. The Morgan fingerprint density at radius 1 is 1.12 bits per heavy atom. The van der Waals surface area contributed by atoms with Gasteiger partial charge in [0.1, 0.15) is 5.75 Å². The summed E-state index contributed by atoms with van der Waals surface area (Å²) in [5, 5.41) is 0. The third-order valence-electron chi connectivity index (χ3n) is 4.68. The summed E-state index contributed by atoms with van der Waals surface area (Å²) in [5.41, 5.74) is 2.18. The maximum atomic E-state index is 12.6. The number of methoxy groups -OCH3 is 1. The van der Waals surface area contributed by atoms with Crippen LogP contribution in [0.2, 0.25) is 0 Å². The van der Waals surface area contributed by atoms with Crippen molar-refractivity contribution in [3.8, 4) is 5.75 Å². The van der Waals surface area contributed by atoms with Gasteiger partial charge in [0.05, 0.1) is 12.0 Å². The number of hydrogen-bond donors (Lipinski definition) is 1. The number of ether oxygens (including phenoxy) is 1. The highest BCUT2D eigenvalue weighted by atomic mass is 32.2. The van der Waals surface area contributed by atoms with Crippen molar-refractivity contribution >= 4 is 15.7 Å². The van der Waals surface area contributed by atoms with Gasteiger partial charge in [0.2, 0.25) is 10.0 Å². The number of fused-ring (bicyclic) bond motifs is 1. The zero-order chi connectivity index (χ0) is 18.1. The largest absolute Gasteiger partial charge is 0.497 e. The lowest BCUT2D eigenvalue weighted by atomic mass is 10.0. The first kappa shape index (κ1) is 17.8. The van der Waals surface area contributed by atoms with Crippen molar-refractivity contribution in [1.29, 1.82) is 0 Å². The van der Waals surface area contributed by atoms with Crippen LogP contribution in [0.5, 0.6) is 5.75 Å². The fraction of sp³-hybridized carbons (Fsp3) is 0.368. The maximum absolute atomic E-state index is 12.6. The molecule has 6 heteroatoms. The summed E-state index contributed by atoms with van der Waals surface area (Å²) in [5.74, 6) is 0.632. The Bertz CT molecular complexity index is 845. The van der Waals surface area contributed by atoms with E-state index in [2.05, 4.69) is 35.6 Å². The molecule has 1 aliphatic heterocycles. The lowest BCUT2D eigenvalue weighted by molar-refractivity contribution is 0.414. The average molecular weight is 360 g/mol. The zero-order valence-corrected chi connectivity index (χ0v) is 15.6. The first-order valence-electron chi connectivity index (χ1n) is 8.33. The summed E-state index contributed by atoms with van der Waals surface area (Å²) in [6.45, 7) is 5.35. The first-order chi connectivity index (χ1) is 11.8. The van der Waals surface area contributed by atoms with Crippen LogP contribution >= 0.6 is 0 Å². The molecule has 0 saturated carbocycles. The van der Waals surface area contributed by atoms with E-state index in [9.17, 15) is 8.42 Å². The highest BCUT2D eigenvalue weighted by Gasteiger charge is 2.33. The third kappa shape index (κ3) is 3.65. The fourth-order valence-corrected chi connectivity index (χ4v) is 4.38. The van der Waals surface area contributed by atoms with Crippen LogP contribution in [-0.4, -0.2) is 34.2 Å². The van der Waals surface area contributed by atoms with Crippen LogP contribution in [0.1, 0.15) is 19.4 Å². The van der Waals surface area contributed by atoms with Crippen molar-refractivity contribution in [1.82, 2.24) is 4.72 Å². The highest BCUT2D eigenvalue weighted by Crippen LogP contribution is 2.33. The van der Waals surface area contributed by atoms with Crippen LogP contribution in [-0.2, 0) is 16.4 Å². The van der Waals surface area contributed by atoms with Gasteiger partial charge in [0.25, 0.3) is 0 Å². The van der Waals surface area contributed by atoms with Gasteiger partial charge in [-0.15, -0.1) is 0 Å². The molecule has 1 heterocycles. The van der Waals surface area contributed by atoms with Crippen molar-refractivity contribution in [3.63, 3.8) is 0 Å². The minimum atomic E-state index is -3.56. The highest BCUT2D eigenvalue weighted by molar-refractivity contribution is 7.89. The molecule has 0 fully saturated rings. The topological polar surface area (TPSA) is 58.6 Å². The van der Waals surface area contributed by atoms with E-state index in [1.807, 2.05) is 12.1 Å². The lowest BCUT2D eigenvalue weighted by Crippen LogP contribution is -2.51. The quantitative estimate of drug-likeness (QED) is 0.861. The van der Waals surface area contributed by atoms with Gasteiger partial charge in [-0.25, -0.2) is 13.1 Å². The van der Waals surface area contributed by atoms with Gasteiger partial charge in [-0.05, 0) is 56.2 Å². The van der Waals surface area contributed by atoms with E-state index in [-0.39, 0.29) is 10.4 Å². The number of hydrogen-bond acceptors (Lipinski definition) is 4. The predicted octanol–water partition coefficient (Wildman–Crippen LogP) is 2.81. The summed E-state index contributed by atoms with van der Waals surface area (Å²) in [6.07, 6.45) is 0.991. The van der Waals surface area contributed by atoms with Crippen LogP contribution in [0.15, 0.2) is 53.4 Å². The molecule has 0 unspecified atom stereocenters. The zero-order valence-electron chi connectivity index (χ0n) is 14.8. The summed E-state index contributed by atoms with van der Waals surface area (Å²) in [6, 6.07) is 14.7. The number of rotatable bonds is 6. The monoisotopic (exact) mass is 360 g/mol. The molecule has 2 aromatic rings. The molecule has 0 amide bonds. The number of nitrogens with one attached hydrogen (secondary N) is 1. The Labute approximate surface area is 149 Å². The van der Waals surface area contributed by atoms with Gasteiger partial charge in [0.15, 0.2) is 0 Å². The molecule has 3 rings (SSSR count). The van der Waals surface area contributed by atoms with Crippen molar-refractivity contribution in [3.05, 3.63) is 54.1 Å². The van der Waals surface area contributed by atoms with Crippen molar-refractivity contribution in [2.75, 3.05) is 25.1 Å². The Morgan fingerprint density at radius 2 is 1.80 bits per heavy atom. The molecule has 0 spiro atoms.